The number of hydrogen-bond acceptors (Lipinski definition) is 5. The molecule has 4 rings (SSSR count). The van der Waals surface area contributed by atoms with Crippen LogP contribution >= 0.6 is 0 Å². The van der Waals surface area contributed by atoms with Crippen LogP contribution in [-0.4, -0.2) is 28.2 Å². The van der Waals surface area contributed by atoms with Crippen LogP contribution in [0.15, 0.2) is 24.3 Å². The SMILES string of the molecule is Cc1ccccc1[C@@]1(O)CCN(c2nc(N)nc3c2CCCC3)C1. The van der Waals surface area contributed by atoms with E-state index in [-0.39, 0.29) is 0 Å². The molecule has 1 aromatic heterocycles. The van der Waals surface area contributed by atoms with Crippen LogP contribution in [0.1, 0.15) is 41.6 Å². The van der Waals surface area contributed by atoms with Crippen molar-refractivity contribution in [3.05, 3.63) is 46.6 Å². The first-order chi connectivity index (χ1) is 11.6. The van der Waals surface area contributed by atoms with E-state index in [1.807, 2.05) is 18.2 Å². The van der Waals surface area contributed by atoms with Crippen LogP contribution in [0, 0.1) is 6.92 Å². The minimum atomic E-state index is -0.827. The quantitative estimate of drug-likeness (QED) is 0.887. The molecule has 5 heteroatoms. The van der Waals surface area contributed by atoms with Gasteiger partial charge in [0.15, 0.2) is 0 Å². The number of anilines is 2. The number of β-amino-alcohol motifs (C(OH)–C–C–N with tert-alkyl or cyclic N) is 1. The lowest BCUT2D eigenvalue weighted by atomic mass is 9.89. The summed E-state index contributed by atoms with van der Waals surface area (Å²) in [5, 5.41) is 11.2. The molecule has 24 heavy (non-hydrogen) atoms. The summed E-state index contributed by atoms with van der Waals surface area (Å²) in [5.41, 5.74) is 9.58. The lowest BCUT2D eigenvalue weighted by molar-refractivity contribution is 0.0600. The number of hydrogen-bond donors (Lipinski definition) is 2. The number of aromatic nitrogens is 2. The third kappa shape index (κ3) is 2.53. The largest absolute Gasteiger partial charge is 0.383 e. The molecule has 5 nitrogen and oxygen atoms in total. The maximum atomic E-state index is 11.2. The van der Waals surface area contributed by atoms with Crippen LogP contribution in [0.3, 0.4) is 0 Å². The van der Waals surface area contributed by atoms with Gasteiger partial charge >= 0.3 is 0 Å². The highest BCUT2D eigenvalue weighted by Crippen LogP contribution is 2.38. The maximum Gasteiger partial charge on any atom is 0.222 e. The van der Waals surface area contributed by atoms with Crippen molar-refractivity contribution in [1.29, 1.82) is 0 Å². The molecule has 0 amide bonds. The number of aliphatic hydroxyl groups is 1. The van der Waals surface area contributed by atoms with Crippen LogP contribution in [0.5, 0.6) is 0 Å². The average Bonchev–Trinajstić information content (AvgIpc) is 2.97. The number of fused-ring (bicyclic) bond motifs is 1. The molecule has 3 N–H and O–H groups in total. The summed E-state index contributed by atoms with van der Waals surface area (Å²) in [6.07, 6.45) is 5.02. The molecule has 0 bridgehead atoms. The number of nitrogens with two attached hydrogens (primary N) is 1. The summed E-state index contributed by atoms with van der Waals surface area (Å²) in [4.78, 5) is 11.2. The number of aryl methyl sites for hydroxylation is 2. The molecule has 0 saturated carbocycles. The second-order valence-corrected chi connectivity index (χ2v) is 7.06. The Labute approximate surface area is 142 Å². The second-order valence-electron chi connectivity index (χ2n) is 7.06. The highest BCUT2D eigenvalue weighted by molar-refractivity contribution is 5.54. The van der Waals surface area contributed by atoms with E-state index in [0.717, 1.165) is 48.4 Å². The Balaban J connectivity index is 1.68. The number of nitrogen functional groups attached to an aromatic ring is 1. The predicted molar refractivity (Wildman–Crippen MR) is 95.0 cm³/mol. The molecule has 1 fully saturated rings. The van der Waals surface area contributed by atoms with Crippen molar-refractivity contribution in [2.24, 2.45) is 0 Å². The molecule has 126 valence electrons. The van der Waals surface area contributed by atoms with Gasteiger partial charge in [-0.15, -0.1) is 0 Å². The van der Waals surface area contributed by atoms with Crippen molar-refractivity contribution >= 4 is 11.8 Å². The summed E-state index contributed by atoms with van der Waals surface area (Å²) in [6, 6.07) is 8.09. The Morgan fingerprint density at radius 1 is 1.17 bits per heavy atom. The molecule has 0 spiro atoms. The van der Waals surface area contributed by atoms with Crippen molar-refractivity contribution < 1.29 is 5.11 Å². The van der Waals surface area contributed by atoms with Gasteiger partial charge in [0.25, 0.3) is 0 Å². The van der Waals surface area contributed by atoms with Gasteiger partial charge in [-0.05, 0) is 50.2 Å². The van der Waals surface area contributed by atoms with Crippen LogP contribution in [0.2, 0.25) is 0 Å². The minimum Gasteiger partial charge on any atom is -0.383 e. The zero-order valence-electron chi connectivity index (χ0n) is 14.1. The molecule has 1 atom stereocenters. The van der Waals surface area contributed by atoms with Gasteiger partial charge in [-0.25, -0.2) is 4.98 Å². The predicted octanol–water partition coefficient (Wildman–Crippen LogP) is 2.34. The third-order valence-electron chi connectivity index (χ3n) is 5.37. The van der Waals surface area contributed by atoms with Gasteiger partial charge < -0.3 is 15.7 Å². The molecule has 0 radical (unpaired) electrons. The molecule has 1 saturated heterocycles. The molecule has 1 aliphatic heterocycles. The molecule has 2 heterocycles. The maximum absolute atomic E-state index is 11.2. The average molecular weight is 324 g/mol. The topological polar surface area (TPSA) is 75.3 Å². The highest BCUT2D eigenvalue weighted by atomic mass is 16.3. The van der Waals surface area contributed by atoms with E-state index in [1.54, 1.807) is 0 Å². The summed E-state index contributed by atoms with van der Waals surface area (Å²) < 4.78 is 0. The first-order valence-electron chi connectivity index (χ1n) is 8.75. The van der Waals surface area contributed by atoms with E-state index in [9.17, 15) is 5.11 Å². The molecule has 1 aliphatic carbocycles. The Kier molecular flexibility index (Phi) is 3.68. The van der Waals surface area contributed by atoms with Crippen molar-refractivity contribution in [3.63, 3.8) is 0 Å². The van der Waals surface area contributed by atoms with Gasteiger partial charge in [-0.3, -0.25) is 0 Å². The Bertz CT molecular complexity index is 776. The molecular weight excluding hydrogens is 300 g/mol. The molecule has 2 aliphatic rings. The second kappa shape index (κ2) is 5.74. The fraction of sp³-hybridized carbons (Fsp3) is 0.474. The summed E-state index contributed by atoms with van der Waals surface area (Å²) in [6.45, 7) is 3.40. The minimum absolute atomic E-state index is 0.344. The van der Waals surface area contributed by atoms with Crippen molar-refractivity contribution in [2.45, 2.75) is 44.6 Å². The van der Waals surface area contributed by atoms with Crippen molar-refractivity contribution in [3.8, 4) is 0 Å². The normalized spacial score (nSPS) is 23.3. The van der Waals surface area contributed by atoms with E-state index in [0.29, 0.717) is 18.9 Å². The molecule has 0 unspecified atom stereocenters. The van der Waals surface area contributed by atoms with E-state index in [2.05, 4.69) is 27.9 Å². The van der Waals surface area contributed by atoms with E-state index >= 15 is 0 Å². The van der Waals surface area contributed by atoms with Crippen LogP contribution in [0.25, 0.3) is 0 Å². The first-order valence-corrected chi connectivity index (χ1v) is 8.75. The van der Waals surface area contributed by atoms with Gasteiger partial charge in [0.1, 0.15) is 11.4 Å². The lowest BCUT2D eigenvalue weighted by Crippen LogP contribution is -2.32. The zero-order chi connectivity index (χ0) is 16.7. The zero-order valence-corrected chi connectivity index (χ0v) is 14.1. The lowest BCUT2D eigenvalue weighted by Gasteiger charge is -2.28. The van der Waals surface area contributed by atoms with Gasteiger partial charge in [0, 0.05) is 12.1 Å². The number of nitrogens with zero attached hydrogens (tertiary/aromatic N) is 3. The Hall–Kier alpha value is -2.14. The first kappa shape index (κ1) is 15.4. The van der Waals surface area contributed by atoms with E-state index < -0.39 is 5.60 Å². The Morgan fingerprint density at radius 2 is 1.96 bits per heavy atom. The van der Waals surface area contributed by atoms with E-state index in [1.165, 1.54) is 12.0 Å². The molecule has 1 aromatic carbocycles. The van der Waals surface area contributed by atoms with Crippen LogP contribution in [0.4, 0.5) is 11.8 Å². The van der Waals surface area contributed by atoms with Crippen molar-refractivity contribution in [1.82, 2.24) is 9.97 Å². The monoisotopic (exact) mass is 324 g/mol. The number of rotatable bonds is 2. The van der Waals surface area contributed by atoms with Crippen LogP contribution < -0.4 is 10.6 Å². The Morgan fingerprint density at radius 3 is 2.79 bits per heavy atom. The fourth-order valence-corrected chi connectivity index (χ4v) is 4.14. The standard InChI is InChI=1S/C19H24N4O/c1-13-6-2-4-8-15(13)19(24)10-11-23(12-19)17-14-7-3-5-9-16(14)21-18(20)22-17/h2,4,6,8,24H,3,5,7,9-12H2,1H3,(H2,20,21,22)/t19-/m1/s1. The molecular formula is C19H24N4O. The van der Waals surface area contributed by atoms with Gasteiger partial charge in [-0.1, -0.05) is 24.3 Å². The summed E-state index contributed by atoms with van der Waals surface area (Å²) in [7, 11) is 0. The number of benzene rings is 1. The van der Waals surface area contributed by atoms with Gasteiger partial charge in [0.05, 0.1) is 12.2 Å². The van der Waals surface area contributed by atoms with Crippen molar-refractivity contribution in [2.75, 3.05) is 23.7 Å². The third-order valence-corrected chi connectivity index (χ3v) is 5.37. The van der Waals surface area contributed by atoms with Crippen LogP contribution in [-0.2, 0) is 18.4 Å². The highest BCUT2D eigenvalue weighted by Gasteiger charge is 2.40. The fourth-order valence-electron chi connectivity index (χ4n) is 4.14. The van der Waals surface area contributed by atoms with Gasteiger partial charge in [-0.2, -0.15) is 4.98 Å². The molecule has 2 aromatic rings. The van der Waals surface area contributed by atoms with E-state index in [4.69, 9.17) is 5.73 Å². The smallest absolute Gasteiger partial charge is 0.222 e. The summed E-state index contributed by atoms with van der Waals surface area (Å²) in [5.74, 6) is 1.28. The van der Waals surface area contributed by atoms with Gasteiger partial charge in [0.2, 0.25) is 5.95 Å². The summed E-state index contributed by atoms with van der Waals surface area (Å²) >= 11 is 0.